The van der Waals surface area contributed by atoms with Crippen LogP contribution in [0.25, 0.3) is 0 Å². The smallest absolute Gasteiger partial charge is 0.481 e. The van der Waals surface area contributed by atoms with Crippen LogP contribution >= 0.6 is 0 Å². The number of nitrogens with one attached hydrogen (secondary N) is 1. The summed E-state index contributed by atoms with van der Waals surface area (Å²) in [5.74, 6) is 1.64. The SMILES string of the molecule is NC(N)=NCCCC#Cc1ccc2c(c1)NC(=O)C(CC(=O)O)C2.O=C(O)C(F)(F)F. The number of carbonyl (C=O) groups is 3. The summed E-state index contributed by atoms with van der Waals surface area (Å²) in [6.45, 7) is 0.544. The third-order valence-electron chi connectivity index (χ3n) is 3.86. The molecule has 1 aliphatic heterocycles. The molecule has 0 bridgehead atoms. The van der Waals surface area contributed by atoms with E-state index in [2.05, 4.69) is 22.2 Å². The molecule has 12 heteroatoms. The molecular formula is C19H21F3N4O5. The molecule has 0 saturated carbocycles. The van der Waals surface area contributed by atoms with Gasteiger partial charge in [0.1, 0.15) is 0 Å². The molecule has 1 amide bonds. The molecule has 1 heterocycles. The molecule has 0 saturated heterocycles. The fraction of sp³-hybridized carbons (Fsp3) is 0.368. The summed E-state index contributed by atoms with van der Waals surface area (Å²) in [5, 5.41) is 18.7. The Labute approximate surface area is 175 Å². The average molecular weight is 442 g/mol. The van der Waals surface area contributed by atoms with Crippen LogP contribution in [-0.2, 0) is 20.8 Å². The number of alkyl halides is 3. The van der Waals surface area contributed by atoms with Crippen molar-refractivity contribution in [2.45, 2.75) is 31.9 Å². The Balaban J connectivity index is 0.000000592. The summed E-state index contributed by atoms with van der Waals surface area (Å²) >= 11 is 0. The van der Waals surface area contributed by atoms with Gasteiger partial charge in [-0.1, -0.05) is 17.9 Å². The van der Waals surface area contributed by atoms with Crippen LogP contribution in [0.1, 0.15) is 30.4 Å². The number of hydrogen-bond acceptors (Lipinski definition) is 4. The lowest BCUT2D eigenvalue weighted by Gasteiger charge is -2.23. The number of nitrogens with zero attached hydrogens (tertiary/aromatic N) is 1. The first kappa shape index (κ1) is 25.3. The molecule has 0 aliphatic carbocycles. The minimum atomic E-state index is -5.08. The van der Waals surface area contributed by atoms with E-state index in [9.17, 15) is 22.8 Å². The normalized spacial score (nSPS) is 14.5. The van der Waals surface area contributed by atoms with E-state index >= 15 is 0 Å². The maximum Gasteiger partial charge on any atom is 0.490 e. The van der Waals surface area contributed by atoms with Crippen LogP contribution < -0.4 is 16.8 Å². The molecular weight excluding hydrogens is 421 g/mol. The standard InChI is InChI=1S/C17H20N4O3.C2HF3O2/c18-17(19)20-7-3-1-2-4-11-5-6-12-9-13(10-15(22)23)16(24)21-14(12)8-11;3-2(4,5)1(6)7/h5-6,8,13H,1,3,7,9-10H2,(H,21,24)(H,22,23)(H4,18,19,20);(H,6,7). The maximum atomic E-state index is 11.9. The minimum Gasteiger partial charge on any atom is -0.481 e. The predicted molar refractivity (Wildman–Crippen MR) is 105 cm³/mol. The number of halogens is 3. The van der Waals surface area contributed by atoms with Crippen molar-refractivity contribution in [2.75, 3.05) is 11.9 Å². The van der Waals surface area contributed by atoms with Crippen LogP contribution in [0.4, 0.5) is 18.9 Å². The minimum absolute atomic E-state index is 0.0783. The van der Waals surface area contributed by atoms with Crippen LogP contribution in [0.2, 0.25) is 0 Å². The van der Waals surface area contributed by atoms with Gasteiger partial charge in [-0.3, -0.25) is 14.6 Å². The molecule has 1 aromatic rings. The fourth-order valence-electron chi connectivity index (χ4n) is 2.46. The molecule has 0 aromatic heterocycles. The second kappa shape index (κ2) is 11.4. The third-order valence-corrected chi connectivity index (χ3v) is 3.86. The van der Waals surface area contributed by atoms with Gasteiger partial charge in [-0.25, -0.2) is 4.79 Å². The summed E-state index contributed by atoms with van der Waals surface area (Å²) < 4.78 is 31.7. The zero-order valence-corrected chi connectivity index (χ0v) is 16.2. The summed E-state index contributed by atoms with van der Waals surface area (Å²) in [5.41, 5.74) is 12.9. The topological polar surface area (TPSA) is 168 Å². The maximum absolute atomic E-state index is 11.9. The Kier molecular flexibility index (Phi) is 9.33. The van der Waals surface area contributed by atoms with Crippen molar-refractivity contribution in [1.29, 1.82) is 0 Å². The van der Waals surface area contributed by atoms with Crippen molar-refractivity contribution in [3.8, 4) is 11.8 Å². The van der Waals surface area contributed by atoms with Gasteiger partial charge in [0.15, 0.2) is 5.96 Å². The lowest BCUT2D eigenvalue weighted by Crippen LogP contribution is -2.31. The number of anilines is 1. The van der Waals surface area contributed by atoms with Crippen molar-refractivity contribution in [3.63, 3.8) is 0 Å². The number of unbranched alkanes of at least 4 members (excludes halogenated alkanes) is 1. The summed E-state index contributed by atoms with van der Waals surface area (Å²) in [6.07, 6.45) is -3.38. The molecule has 2 rings (SSSR count). The first-order valence-corrected chi connectivity index (χ1v) is 8.90. The van der Waals surface area contributed by atoms with Crippen LogP contribution in [0, 0.1) is 17.8 Å². The summed E-state index contributed by atoms with van der Waals surface area (Å²) in [7, 11) is 0. The van der Waals surface area contributed by atoms with Crippen molar-refractivity contribution < 1.29 is 37.8 Å². The van der Waals surface area contributed by atoms with E-state index in [4.69, 9.17) is 26.5 Å². The molecule has 9 nitrogen and oxygen atoms in total. The van der Waals surface area contributed by atoms with E-state index in [0.29, 0.717) is 25.1 Å². The highest BCUT2D eigenvalue weighted by Gasteiger charge is 2.38. The Morgan fingerprint density at radius 1 is 1.26 bits per heavy atom. The number of nitrogens with two attached hydrogens (primary N) is 2. The van der Waals surface area contributed by atoms with Gasteiger partial charge in [-0.2, -0.15) is 13.2 Å². The first-order valence-electron chi connectivity index (χ1n) is 8.90. The quantitative estimate of drug-likeness (QED) is 0.198. The Morgan fingerprint density at radius 2 is 1.90 bits per heavy atom. The van der Waals surface area contributed by atoms with Gasteiger partial charge >= 0.3 is 18.1 Å². The van der Waals surface area contributed by atoms with E-state index in [1.165, 1.54) is 0 Å². The number of aliphatic carboxylic acids is 2. The number of benzene rings is 1. The highest BCUT2D eigenvalue weighted by atomic mass is 19.4. The van der Waals surface area contributed by atoms with Crippen molar-refractivity contribution in [2.24, 2.45) is 22.4 Å². The Morgan fingerprint density at radius 3 is 2.45 bits per heavy atom. The molecule has 0 fully saturated rings. The number of guanidine groups is 1. The largest absolute Gasteiger partial charge is 0.490 e. The van der Waals surface area contributed by atoms with Gasteiger partial charge in [0.05, 0.1) is 12.3 Å². The Bertz CT molecular complexity index is 915. The van der Waals surface area contributed by atoms with Gasteiger partial charge < -0.3 is 27.0 Å². The highest BCUT2D eigenvalue weighted by Crippen LogP contribution is 2.28. The second-order valence-corrected chi connectivity index (χ2v) is 6.37. The fourth-order valence-corrected chi connectivity index (χ4v) is 2.46. The summed E-state index contributed by atoms with van der Waals surface area (Å²) in [6, 6.07) is 5.57. The van der Waals surface area contributed by atoms with Crippen LogP contribution in [0.15, 0.2) is 23.2 Å². The van der Waals surface area contributed by atoms with Crippen molar-refractivity contribution in [3.05, 3.63) is 29.3 Å². The number of rotatable bonds is 5. The van der Waals surface area contributed by atoms with Gasteiger partial charge in [0, 0.05) is 24.2 Å². The number of fused-ring (bicyclic) bond motifs is 1. The highest BCUT2D eigenvalue weighted by molar-refractivity contribution is 5.97. The molecule has 31 heavy (non-hydrogen) atoms. The van der Waals surface area contributed by atoms with Gasteiger partial charge in [0.25, 0.3) is 0 Å². The monoisotopic (exact) mass is 442 g/mol. The lowest BCUT2D eigenvalue weighted by molar-refractivity contribution is -0.192. The zero-order chi connectivity index (χ0) is 23.6. The second-order valence-electron chi connectivity index (χ2n) is 6.37. The number of carboxylic acid groups (broad SMARTS) is 2. The van der Waals surface area contributed by atoms with E-state index in [-0.39, 0.29) is 18.3 Å². The third kappa shape index (κ3) is 9.53. The number of carbonyl (C=O) groups excluding carboxylic acids is 1. The van der Waals surface area contributed by atoms with Crippen molar-refractivity contribution >= 4 is 29.5 Å². The van der Waals surface area contributed by atoms with Crippen LogP contribution in [0.5, 0.6) is 0 Å². The van der Waals surface area contributed by atoms with E-state index in [1.54, 1.807) is 0 Å². The van der Waals surface area contributed by atoms with E-state index < -0.39 is 24.0 Å². The number of aliphatic imine (C=N–C) groups is 1. The lowest BCUT2D eigenvalue weighted by atomic mass is 9.90. The Hall–Kier alpha value is -3.75. The first-order chi connectivity index (χ1) is 14.4. The molecule has 1 atom stereocenters. The molecule has 7 N–H and O–H groups in total. The van der Waals surface area contributed by atoms with Crippen molar-refractivity contribution in [1.82, 2.24) is 0 Å². The number of hydrogen-bond donors (Lipinski definition) is 5. The molecule has 0 radical (unpaired) electrons. The molecule has 0 spiro atoms. The van der Waals surface area contributed by atoms with E-state index in [0.717, 1.165) is 17.5 Å². The van der Waals surface area contributed by atoms with E-state index in [1.807, 2.05) is 18.2 Å². The molecule has 1 unspecified atom stereocenters. The van der Waals surface area contributed by atoms with Crippen LogP contribution in [0.3, 0.4) is 0 Å². The van der Waals surface area contributed by atoms with Gasteiger partial charge in [0.2, 0.25) is 5.91 Å². The predicted octanol–water partition coefficient (Wildman–Crippen LogP) is 1.31. The number of amides is 1. The molecule has 168 valence electrons. The average Bonchev–Trinajstić information content (AvgIpc) is 2.64. The zero-order valence-electron chi connectivity index (χ0n) is 16.2. The number of carboxylic acids is 2. The van der Waals surface area contributed by atoms with Gasteiger partial charge in [-0.15, -0.1) is 0 Å². The summed E-state index contributed by atoms with van der Waals surface area (Å²) in [4.78, 5) is 35.5. The molecule has 1 aliphatic rings. The van der Waals surface area contributed by atoms with Crippen LogP contribution in [-0.4, -0.2) is 46.7 Å². The molecule has 1 aromatic carbocycles. The van der Waals surface area contributed by atoms with Gasteiger partial charge in [-0.05, 0) is 30.5 Å².